The van der Waals surface area contributed by atoms with Crippen LogP contribution < -0.4 is 0 Å². The van der Waals surface area contributed by atoms with Crippen LogP contribution in [0.4, 0.5) is 0 Å². The molecule has 138 valence electrons. The van der Waals surface area contributed by atoms with Crippen LogP contribution in [0, 0.1) is 13.8 Å². The third-order valence-electron chi connectivity index (χ3n) is 4.51. The average Bonchev–Trinajstić information content (AvgIpc) is 3.27. The fourth-order valence-electron chi connectivity index (χ4n) is 3.20. The van der Waals surface area contributed by atoms with Crippen LogP contribution in [0.3, 0.4) is 0 Å². The number of likely N-dealkylation sites (N-methyl/N-ethyl adjacent to an activating group) is 1. The molecule has 1 amide bonds. The van der Waals surface area contributed by atoms with Gasteiger partial charge < -0.3 is 19.3 Å². The molecule has 2 aromatic rings. The molecular formula is C18H22N4O4. The molecule has 0 aliphatic carbocycles. The van der Waals surface area contributed by atoms with E-state index in [9.17, 15) is 14.7 Å². The van der Waals surface area contributed by atoms with Crippen molar-refractivity contribution in [2.45, 2.75) is 19.9 Å². The number of amides is 1. The van der Waals surface area contributed by atoms with E-state index in [0.717, 1.165) is 0 Å². The van der Waals surface area contributed by atoms with E-state index in [1.54, 1.807) is 26.0 Å². The monoisotopic (exact) mass is 358 g/mol. The molecule has 1 atom stereocenters. The number of likely N-dealkylation sites (tertiary alicyclic amines) is 1. The molecule has 8 heteroatoms. The first kappa shape index (κ1) is 17.9. The van der Waals surface area contributed by atoms with Crippen LogP contribution in [-0.4, -0.2) is 64.0 Å². The molecule has 2 N–H and O–H groups in total. The highest BCUT2D eigenvalue weighted by atomic mass is 16.3. The number of carbonyl (C=O) groups is 2. The van der Waals surface area contributed by atoms with Crippen molar-refractivity contribution in [2.75, 3.05) is 27.2 Å². The van der Waals surface area contributed by atoms with Gasteiger partial charge in [-0.15, -0.1) is 0 Å². The summed E-state index contributed by atoms with van der Waals surface area (Å²) < 4.78 is 5.48. The standard InChI is InChI=1S/C18H22N4O4/c1-10-13(11(2)20-19-10)16(23)14-15(12-6-5-9-26-12)22(8-7-21(3)4)18(25)17(14)24/h5-6,9,15,23H,7-8H2,1-4H3,(H,19,20). The largest absolute Gasteiger partial charge is 0.507 e. The summed E-state index contributed by atoms with van der Waals surface area (Å²) in [7, 11) is 3.77. The van der Waals surface area contributed by atoms with Gasteiger partial charge in [-0.2, -0.15) is 5.10 Å². The van der Waals surface area contributed by atoms with Crippen LogP contribution in [0.1, 0.15) is 28.8 Å². The number of aromatic amines is 1. The summed E-state index contributed by atoms with van der Waals surface area (Å²) >= 11 is 0. The third kappa shape index (κ3) is 2.92. The van der Waals surface area contributed by atoms with Crippen molar-refractivity contribution < 1.29 is 19.1 Å². The Bertz CT molecular complexity index is 844. The normalized spacial score (nSPS) is 19.7. The van der Waals surface area contributed by atoms with E-state index in [2.05, 4.69) is 10.2 Å². The summed E-state index contributed by atoms with van der Waals surface area (Å²) in [5.41, 5.74) is 1.64. The molecule has 1 unspecified atom stereocenters. The van der Waals surface area contributed by atoms with Crippen LogP contribution in [0.25, 0.3) is 5.76 Å². The Hall–Kier alpha value is -2.87. The first-order valence-electron chi connectivity index (χ1n) is 8.31. The number of rotatable bonds is 5. The van der Waals surface area contributed by atoms with Crippen molar-refractivity contribution in [3.8, 4) is 0 Å². The number of hydrogen-bond acceptors (Lipinski definition) is 6. The highest BCUT2D eigenvalue weighted by Crippen LogP contribution is 2.40. The Kier molecular flexibility index (Phi) is 4.69. The number of ketones is 1. The Morgan fingerprint density at radius 3 is 2.65 bits per heavy atom. The van der Waals surface area contributed by atoms with Gasteiger partial charge in [-0.3, -0.25) is 14.7 Å². The molecule has 1 fully saturated rings. The number of nitrogens with one attached hydrogen (secondary N) is 1. The molecule has 0 aromatic carbocycles. The predicted molar refractivity (Wildman–Crippen MR) is 94.3 cm³/mol. The van der Waals surface area contributed by atoms with Crippen molar-refractivity contribution in [3.63, 3.8) is 0 Å². The molecule has 1 saturated heterocycles. The number of furan rings is 1. The summed E-state index contributed by atoms with van der Waals surface area (Å²) in [6.07, 6.45) is 1.48. The summed E-state index contributed by atoms with van der Waals surface area (Å²) in [5.74, 6) is -1.17. The third-order valence-corrected chi connectivity index (χ3v) is 4.51. The lowest BCUT2D eigenvalue weighted by molar-refractivity contribution is -0.140. The van der Waals surface area contributed by atoms with Crippen molar-refractivity contribution in [1.29, 1.82) is 0 Å². The maximum atomic E-state index is 12.7. The second-order valence-corrected chi connectivity index (χ2v) is 6.62. The van der Waals surface area contributed by atoms with E-state index < -0.39 is 17.7 Å². The molecule has 1 aliphatic rings. The zero-order chi connectivity index (χ0) is 19.0. The number of nitrogens with zero attached hydrogens (tertiary/aromatic N) is 3. The number of aromatic nitrogens is 2. The quantitative estimate of drug-likeness (QED) is 0.478. The van der Waals surface area contributed by atoms with E-state index >= 15 is 0 Å². The van der Waals surface area contributed by atoms with Gasteiger partial charge in [-0.25, -0.2) is 0 Å². The lowest BCUT2D eigenvalue weighted by atomic mass is 9.98. The predicted octanol–water partition coefficient (Wildman–Crippen LogP) is 1.60. The van der Waals surface area contributed by atoms with Gasteiger partial charge in [0, 0.05) is 18.8 Å². The second kappa shape index (κ2) is 6.80. The minimum Gasteiger partial charge on any atom is -0.507 e. The summed E-state index contributed by atoms with van der Waals surface area (Å²) in [5, 5.41) is 17.7. The van der Waals surface area contributed by atoms with Gasteiger partial charge in [0.15, 0.2) is 0 Å². The molecule has 3 heterocycles. The molecule has 0 spiro atoms. The van der Waals surface area contributed by atoms with Gasteiger partial charge in [0.25, 0.3) is 11.7 Å². The van der Waals surface area contributed by atoms with Crippen LogP contribution >= 0.6 is 0 Å². The molecule has 0 saturated carbocycles. The van der Waals surface area contributed by atoms with Crippen molar-refractivity contribution in [3.05, 3.63) is 46.7 Å². The van der Waals surface area contributed by atoms with E-state index in [1.807, 2.05) is 19.0 Å². The van der Waals surface area contributed by atoms with E-state index in [-0.39, 0.29) is 11.3 Å². The van der Waals surface area contributed by atoms with Gasteiger partial charge in [0.2, 0.25) is 0 Å². The minimum absolute atomic E-state index is 0.0244. The van der Waals surface area contributed by atoms with Crippen LogP contribution in [0.15, 0.2) is 28.4 Å². The SMILES string of the molecule is Cc1n[nH]c(C)c1C(O)=C1C(=O)C(=O)N(CCN(C)C)C1c1ccco1. The summed E-state index contributed by atoms with van der Waals surface area (Å²) in [6.45, 7) is 4.39. The molecule has 26 heavy (non-hydrogen) atoms. The number of Topliss-reactive ketones (excluding diaryl/α,β-unsaturated/α-hetero) is 1. The number of aryl methyl sites for hydroxylation is 2. The Labute approximate surface area is 151 Å². The van der Waals surface area contributed by atoms with Crippen LogP contribution in [-0.2, 0) is 9.59 Å². The fourth-order valence-corrected chi connectivity index (χ4v) is 3.20. The Morgan fingerprint density at radius 2 is 2.12 bits per heavy atom. The zero-order valence-electron chi connectivity index (χ0n) is 15.2. The maximum absolute atomic E-state index is 12.7. The van der Waals surface area contributed by atoms with Gasteiger partial charge in [0.1, 0.15) is 17.6 Å². The van der Waals surface area contributed by atoms with Gasteiger partial charge in [-0.05, 0) is 40.1 Å². The lowest BCUT2D eigenvalue weighted by Gasteiger charge is -2.24. The summed E-state index contributed by atoms with van der Waals surface area (Å²) in [6, 6.07) is 2.62. The second-order valence-electron chi connectivity index (χ2n) is 6.62. The van der Waals surface area contributed by atoms with Crippen LogP contribution in [0.5, 0.6) is 0 Å². The number of carbonyl (C=O) groups excluding carboxylic acids is 2. The average molecular weight is 358 g/mol. The summed E-state index contributed by atoms with van der Waals surface area (Å²) in [4.78, 5) is 28.7. The fraction of sp³-hybridized carbons (Fsp3) is 0.389. The minimum atomic E-state index is -0.765. The zero-order valence-corrected chi connectivity index (χ0v) is 15.2. The van der Waals surface area contributed by atoms with Gasteiger partial charge in [0.05, 0.1) is 23.1 Å². The lowest BCUT2D eigenvalue weighted by Crippen LogP contribution is -2.35. The molecule has 8 nitrogen and oxygen atoms in total. The molecule has 3 rings (SSSR count). The highest BCUT2D eigenvalue weighted by molar-refractivity contribution is 6.46. The van der Waals surface area contributed by atoms with Crippen molar-refractivity contribution in [1.82, 2.24) is 20.0 Å². The first-order chi connectivity index (χ1) is 12.3. The van der Waals surface area contributed by atoms with E-state index in [0.29, 0.717) is 35.8 Å². The molecule has 1 aliphatic heterocycles. The topological polar surface area (TPSA) is 103 Å². The highest BCUT2D eigenvalue weighted by Gasteiger charge is 2.47. The molecular weight excluding hydrogens is 336 g/mol. The maximum Gasteiger partial charge on any atom is 0.295 e. The smallest absolute Gasteiger partial charge is 0.295 e. The van der Waals surface area contributed by atoms with E-state index in [4.69, 9.17) is 4.42 Å². The van der Waals surface area contributed by atoms with Crippen LogP contribution in [0.2, 0.25) is 0 Å². The van der Waals surface area contributed by atoms with Gasteiger partial charge >= 0.3 is 0 Å². The van der Waals surface area contributed by atoms with Crippen molar-refractivity contribution >= 4 is 17.4 Å². The molecule has 0 bridgehead atoms. The number of aliphatic hydroxyl groups is 1. The molecule has 0 radical (unpaired) electrons. The van der Waals surface area contributed by atoms with Gasteiger partial charge in [-0.1, -0.05) is 0 Å². The Morgan fingerprint density at radius 1 is 1.38 bits per heavy atom. The Balaban J connectivity index is 2.14. The molecule has 2 aromatic heterocycles. The van der Waals surface area contributed by atoms with Crippen molar-refractivity contribution in [2.24, 2.45) is 0 Å². The van der Waals surface area contributed by atoms with E-state index in [1.165, 1.54) is 11.2 Å². The first-order valence-corrected chi connectivity index (χ1v) is 8.31. The number of H-pyrrole nitrogens is 1. The number of aliphatic hydroxyl groups excluding tert-OH is 1. The number of hydrogen-bond donors (Lipinski definition) is 2.